The number of piperazine rings is 1. The van der Waals surface area contributed by atoms with Crippen LogP contribution in [-0.2, 0) is 4.74 Å². The fourth-order valence-corrected chi connectivity index (χ4v) is 4.18. The van der Waals surface area contributed by atoms with Crippen LogP contribution in [0.1, 0.15) is 37.3 Å². The third-order valence-electron chi connectivity index (χ3n) is 6.14. The summed E-state index contributed by atoms with van der Waals surface area (Å²) in [6.45, 7) is 7.84. The standard InChI is InChI=1S/C24H31FN4O/c1-16(2)17-5-7-21-20(13-17)24(27-23-14-18(25)6-8-22(23)26-21)29-11-10-28(3)19(15-29)9-12-30-4/h5-8,13-14,16,19,26H,9-12,15H2,1-4H3. The number of amidine groups is 1. The molecule has 0 saturated carbocycles. The van der Waals surface area contributed by atoms with Crippen LogP contribution in [0.25, 0.3) is 0 Å². The lowest BCUT2D eigenvalue weighted by molar-refractivity contribution is 0.100. The molecular formula is C24H31FN4O. The Balaban J connectivity index is 1.78. The van der Waals surface area contributed by atoms with Crippen molar-refractivity contribution >= 4 is 22.9 Å². The van der Waals surface area contributed by atoms with Gasteiger partial charge in [-0.2, -0.15) is 0 Å². The number of ether oxygens (including phenoxy) is 1. The molecule has 0 spiro atoms. The van der Waals surface area contributed by atoms with E-state index in [-0.39, 0.29) is 5.82 Å². The maximum absolute atomic E-state index is 14.0. The lowest BCUT2D eigenvalue weighted by Crippen LogP contribution is -2.53. The number of methoxy groups -OCH3 is 1. The second-order valence-corrected chi connectivity index (χ2v) is 8.54. The highest BCUT2D eigenvalue weighted by molar-refractivity contribution is 6.08. The van der Waals surface area contributed by atoms with Crippen molar-refractivity contribution < 1.29 is 9.13 Å². The highest BCUT2D eigenvalue weighted by Crippen LogP contribution is 2.37. The largest absolute Gasteiger partial charge is 0.385 e. The first-order valence-corrected chi connectivity index (χ1v) is 10.7. The summed E-state index contributed by atoms with van der Waals surface area (Å²) in [4.78, 5) is 9.74. The van der Waals surface area contributed by atoms with Gasteiger partial charge >= 0.3 is 0 Å². The first kappa shape index (κ1) is 20.8. The van der Waals surface area contributed by atoms with Gasteiger partial charge in [0.05, 0.1) is 11.4 Å². The Labute approximate surface area is 178 Å². The molecule has 0 radical (unpaired) electrons. The predicted octanol–water partition coefficient (Wildman–Crippen LogP) is 4.74. The third-order valence-corrected chi connectivity index (χ3v) is 6.14. The topological polar surface area (TPSA) is 40.1 Å². The fourth-order valence-electron chi connectivity index (χ4n) is 4.18. The summed E-state index contributed by atoms with van der Waals surface area (Å²) in [6, 6.07) is 11.7. The van der Waals surface area contributed by atoms with E-state index in [1.807, 2.05) is 0 Å². The maximum Gasteiger partial charge on any atom is 0.138 e. The van der Waals surface area contributed by atoms with Crippen molar-refractivity contribution in [3.8, 4) is 0 Å². The Morgan fingerprint density at radius 2 is 1.97 bits per heavy atom. The number of nitrogens with zero attached hydrogens (tertiary/aromatic N) is 3. The summed E-state index contributed by atoms with van der Waals surface area (Å²) in [5.41, 5.74) is 4.82. The predicted molar refractivity (Wildman–Crippen MR) is 121 cm³/mol. The molecule has 2 heterocycles. The molecule has 1 saturated heterocycles. The van der Waals surface area contributed by atoms with Crippen molar-refractivity contribution in [1.29, 1.82) is 0 Å². The first-order valence-electron chi connectivity index (χ1n) is 10.7. The summed E-state index contributed by atoms with van der Waals surface area (Å²) >= 11 is 0. The number of aliphatic imine (C=N–C) groups is 1. The summed E-state index contributed by atoms with van der Waals surface area (Å²) in [5, 5.41) is 3.48. The van der Waals surface area contributed by atoms with Gasteiger partial charge in [-0.3, -0.25) is 4.90 Å². The second kappa shape index (κ2) is 8.74. The van der Waals surface area contributed by atoms with E-state index in [0.29, 0.717) is 17.6 Å². The summed E-state index contributed by atoms with van der Waals surface area (Å²) < 4.78 is 19.3. The number of anilines is 2. The van der Waals surface area contributed by atoms with Crippen molar-refractivity contribution in [3.05, 3.63) is 53.3 Å². The van der Waals surface area contributed by atoms with Gasteiger partial charge in [0.25, 0.3) is 0 Å². The highest BCUT2D eigenvalue weighted by atomic mass is 19.1. The van der Waals surface area contributed by atoms with Crippen molar-refractivity contribution in [2.45, 2.75) is 32.2 Å². The van der Waals surface area contributed by atoms with Crippen molar-refractivity contribution in [2.75, 3.05) is 45.7 Å². The van der Waals surface area contributed by atoms with Gasteiger partial charge < -0.3 is 15.0 Å². The Morgan fingerprint density at radius 1 is 1.17 bits per heavy atom. The molecule has 2 aliphatic rings. The van der Waals surface area contributed by atoms with Crippen molar-refractivity contribution in [1.82, 2.24) is 9.80 Å². The van der Waals surface area contributed by atoms with Crippen LogP contribution in [0.15, 0.2) is 41.4 Å². The van der Waals surface area contributed by atoms with Crippen LogP contribution in [0.4, 0.5) is 21.5 Å². The van der Waals surface area contributed by atoms with Gasteiger partial charge in [-0.1, -0.05) is 19.9 Å². The molecule has 1 fully saturated rings. The van der Waals surface area contributed by atoms with E-state index < -0.39 is 0 Å². The Bertz CT molecular complexity index is 943. The van der Waals surface area contributed by atoms with E-state index in [9.17, 15) is 4.39 Å². The molecule has 6 heteroatoms. The zero-order chi connectivity index (χ0) is 21.3. The molecular weight excluding hydrogens is 379 g/mol. The molecule has 1 N–H and O–H groups in total. The van der Waals surface area contributed by atoms with Gasteiger partial charge in [-0.05, 0) is 49.2 Å². The number of benzene rings is 2. The number of rotatable bonds is 4. The zero-order valence-electron chi connectivity index (χ0n) is 18.3. The summed E-state index contributed by atoms with van der Waals surface area (Å²) in [5.74, 6) is 1.06. The zero-order valence-corrected chi connectivity index (χ0v) is 18.3. The lowest BCUT2D eigenvalue weighted by Gasteiger charge is -2.41. The number of fused-ring (bicyclic) bond motifs is 2. The number of halogens is 1. The van der Waals surface area contributed by atoms with Gasteiger partial charge in [0.2, 0.25) is 0 Å². The number of likely N-dealkylation sites (N-methyl/N-ethyl adjacent to an activating group) is 1. The van der Waals surface area contributed by atoms with Crippen LogP contribution in [0.3, 0.4) is 0 Å². The average molecular weight is 411 g/mol. The van der Waals surface area contributed by atoms with E-state index in [1.165, 1.54) is 17.7 Å². The molecule has 0 bridgehead atoms. The molecule has 0 aliphatic carbocycles. The van der Waals surface area contributed by atoms with E-state index in [2.05, 4.69) is 54.2 Å². The molecule has 0 amide bonds. The minimum absolute atomic E-state index is 0.274. The van der Waals surface area contributed by atoms with Gasteiger partial charge in [-0.15, -0.1) is 0 Å². The van der Waals surface area contributed by atoms with Crippen LogP contribution in [0.5, 0.6) is 0 Å². The summed E-state index contributed by atoms with van der Waals surface area (Å²) in [7, 11) is 3.92. The first-order chi connectivity index (χ1) is 14.5. The number of hydrogen-bond acceptors (Lipinski definition) is 5. The molecule has 30 heavy (non-hydrogen) atoms. The van der Waals surface area contributed by atoms with Crippen molar-refractivity contribution in [2.24, 2.45) is 4.99 Å². The second-order valence-electron chi connectivity index (χ2n) is 8.54. The number of hydrogen-bond donors (Lipinski definition) is 1. The van der Waals surface area contributed by atoms with Crippen LogP contribution in [-0.4, -0.2) is 62.1 Å². The minimum atomic E-state index is -0.274. The molecule has 160 valence electrons. The van der Waals surface area contributed by atoms with Gasteiger partial charge in [0, 0.05) is 56.7 Å². The van der Waals surface area contributed by atoms with Gasteiger partial charge in [-0.25, -0.2) is 9.38 Å². The lowest BCUT2D eigenvalue weighted by atomic mass is 9.98. The third kappa shape index (κ3) is 4.20. The van der Waals surface area contributed by atoms with E-state index in [1.54, 1.807) is 13.2 Å². The van der Waals surface area contributed by atoms with E-state index in [4.69, 9.17) is 9.73 Å². The number of nitrogens with one attached hydrogen (secondary N) is 1. The average Bonchev–Trinajstić information content (AvgIpc) is 2.89. The normalized spacial score (nSPS) is 19.1. The van der Waals surface area contributed by atoms with Crippen LogP contribution < -0.4 is 5.32 Å². The molecule has 2 aliphatic heterocycles. The van der Waals surface area contributed by atoms with Crippen molar-refractivity contribution in [3.63, 3.8) is 0 Å². The molecule has 1 atom stereocenters. The minimum Gasteiger partial charge on any atom is -0.385 e. The Hall–Kier alpha value is -2.44. The Morgan fingerprint density at radius 3 is 2.73 bits per heavy atom. The monoisotopic (exact) mass is 410 g/mol. The molecule has 2 aromatic rings. The van der Waals surface area contributed by atoms with Gasteiger partial charge in [0.15, 0.2) is 0 Å². The molecule has 4 rings (SSSR count). The molecule has 1 unspecified atom stereocenters. The smallest absolute Gasteiger partial charge is 0.138 e. The quantitative estimate of drug-likeness (QED) is 0.791. The van der Waals surface area contributed by atoms with Crippen LogP contribution in [0.2, 0.25) is 0 Å². The molecule has 2 aromatic carbocycles. The van der Waals surface area contributed by atoms with E-state index in [0.717, 1.165) is 55.4 Å². The van der Waals surface area contributed by atoms with E-state index >= 15 is 0 Å². The van der Waals surface area contributed by atoms with Crippen LogP contribution in [0, 0.1) is 5.82 Å². The Kier molecular flexibility index (Phi) is 6.06. The van der Waals surface area contributed by atoms with Gasteiger partial charge in [0.1, 0.15) is 11.7 Å². The fraction of sp³-hybridized carbons (Fsp3) is 0.458. The maximum atomic E-state index is 14.0. The SMILES string of the molecule is COCCC1CN(C2=Nc3cc(F)ccc3Nc3ccc(C(C)C)cc32)CCN1C. The highest BCUT2D eigenvalue weighted by Gasteiger charge is 2.29. The molecule has 5 nitrogen and oxygen atoms in total. The summed E-state index contributed by atoms with van der Waals surface area (Å²) in [6.07, 6.45) is 0.971. The molecule has 0 aromatic heterocycles. The van der Waals surface area contributed by atoms with Crippen LogP contribution >= 0.6 is 0 Å².